The Morgan fingerprint density at radius 1 is 1.30 bits per heavy atom. The highest BCUT2D eigenvalue weighted by molar-refractivity contribution is 5.90. The molecule has 2 rings (SSSR count). The standard InChI is InChI=1S/C16H18N2O2/c1-3-20-16(19)13-7-6-8-14(11-13)18-12(2)15-9-4-5-10-17-15/h4-12,18H,3H2,1-2H3/t12-/m1/s1. The Hall–Kier alpha value is -2.36. The molecule has 104 valence electrons. The molecule has 0 aliphatic rings. The van der Waals surface area contributed by atoms with Gasteiger partial charge in [-0.3, -0.25) is 4.98 Å². The molecule has 0 aliphatic heterocycles. The molecule has 0 unspecified atom stereocenters. The summed E-state index contributed by atoms with van der Waals surface area (Å²) in [5.41, 5.74) is 2.37. The van der Waals surface area contributed by atoms with Crippen molar-refractivity contribution in [1.29, 1.82) is 0 Å². The van der Waals surface area contributed by atoms with Crippen LogP contribution in [0.1, 0.15) is 35.9 Å². The third-order valence-corrected chi connectivity index (χ3v) is 2.89. The van der Waals surface area contributed by atoms with E-state index in [1.807, 2.05) is 37.3 Å². The Morgan fingerprint density at radius 2 is 2.15 bits per heavy atom. The van der Waals surface area contributed by atoms with E-state index in [0.717, 1.165) is 11.4 Å². The van der Waals surface area contributed by atoms with E-state index in [1.165, 1.54) is 0 Å². The second-order valence-corrected chi connectivity index (χ2v) is 4.42. The van der Waals surface area contributed by atoms with Crippen LogP contribution in [0.25, 0.3) is 0 Å². The van der Waals surface area contributed by atoms with Gasteiger partial charge in [0.15, 0.2) is 0 Å². The fourth-order valence-electron chi connectivity index (χ4n) is 1.91. The summed E-state index contributed by atoms with van der Waals surface area (Å²) in [5.74, 6) is -0.304. The van der Waals surface area contributed by atoms with Gasteiger partial charge in [-0.2, -0.15) is 0 Å². The second kappa shape index (κ2) is 6.70. The van der Waals surface area contributed by atoms with Crippen LogP contribution in [0.4, 0.5) is 5.69 Å². The molecule has 0 bridgehead atoms. The zero-order chi connectivity index (χ0) is 14.4. The number of carbonyl (C=O) groups is 1. The largest absolute Gasteiger partial charge is 0.462 e. The highest BCUT2D eigenvalue weighted by Gasteiger charge is 2.09. The number of esters is 1. The minimum absolute atomic E-state index is 0.0636. The summed E-state index contributed by atoms with van der Waals surface area (Å²) in [6, 6.07) is 13.2. The molecule has 1 atom stereocenters. The van der Waals surface area contributed by atoms with Gasteiger partial charge in [-0.05, 0) is 44.2 Å². The molecule has 0 amide bonds. The van der Waals surface area contributed by atoms with Gasteiger partial charge in [0.25, 0.3) is 0 Å². The van der Waals surface area contributed by atoms with Crippen LogP contribution in [0.15, 0.2) is 48.7 Å². The summed E-state index contributed by atoms with van der Waals surface area (Å²) in [4.78, 5) is 16.0. The molecule has 0 radical (unpaired) electrons. The molecule has 0 saturated heterocycles. The molecule has 0 fully saturated rings. The fraction of sp³-hybridized carbons (Fsp3) is 0.250. The van der Waals surface area contributed by atoms with E-state index in [1.54, 1.807) is 25.3 Å². The van der Waals surface area contributed by atoms with Crippen LogP contribution < -0.4 is 5.32 Å². The summed E-state index contributed by atoms with van der Waals surface area (Å²) < 4.78 is 4.99. The number of pyridine rings is 1. The first kappa shape index (κ1) is 14.1. The van der Waals surface area contributed by atoms with E-state index < -0.39 is 0 Å². The van der Waals surface area contributed by atoms with Crippen LogP contribution >= 0.6 is 0 Å². The minimum Gasteiger partial charge on any atom is -0.462 e. The van der Waals surface area contributed by atoms with Crippen LogP contribution in [0.5, 0.6) is 0 Å². The van der Waals surface area contributed by atoms with Crippen LogP contribution in [0.2, 0.25) is 0 Å². The maximum absolute atomic E-state index is 11.7. The first-order valence-electron chi connectivity index (χ1n) is 6.65. The average Bonchev–Trinajstić information content (AvgIpc) is 2.48. The van der Waals surface area contributed by atoms with Crippen LogP contribution in [-0.2, 0) is 4.74 Å². The van der Waals surface area contributed by atoms with Gasteiger partial charge in [0.1, 0.15) is 0 Å². The molecule has 1 aromatic heterocycles. The number of ether oxygens (including phenoxy) is 1. The molecule has 2 aromatic rings. The first-order chi connectivity index (χ1) is 9.70. The monoisotopic (exact) mass is 270 g/mol. The molecule has 1 N–H and O–H groups in total. The molecular weight excluding hydrogens is 252 g/mol. The lowest BCUT2D eigenvalue weighted by Gasteiger charge is -2.15. The summed E-state index contributed by atoms with van der Waals surface area (Å²) in [5, 5.41) is 3.33. The molecule has 1 heterocycles. The third-order valence-electron chi connectivity index (χ3n) is 2.89. The summed E-state index contributed by atoms with van der Waals surface area (Å²) in [6.07, 6.45) is 1.77. The lowest BCUT2D eigenvalue weighted by atomic mass is 10.1. The molecular formula is C16H18N2O2. The van der Waals surface area contributed by atoms with Gasteiger partial charge in [0.2, 0.25) is 0 Å². The zero-order valence-corrected chi connectivity index (χ0v) is 11.7. The number of anilines is 1. The van der Waals surface area contributed by atoms with Crippen molar-refractivity contribution in [3.05, 3.63) is 59.9 Å². The number of nitrogens with zero attached hydrogens (tertiary/aromatic N) is 1. The normalized spacial score (nSPS) is 11.7. The Morgan fingerprint density at radius 3 is 2.85 bits per heavy atom. The van der Waals surface area contributed by atoms with E-state index in [0.29, 0.717) is 12.2 Å². The van der Waals surface area contributed by atoms with Crippen LogP contribution in [-0.4, -0.2) is 17.6 Å². The van der Waals surface area contributed by atoms with E-state index in [-0.39, 0.29) is 12.0 Å². The van der Waals surface area contributed by atoms with Gasteiger partial charge in [0, 0.05) is 11.9 Å². The number of carbonyl (C=O) groups excluding carboxylic acids is 1. The van der Waals surface area contributed by atoms with E-state index in [9.17, 15) is 4.79 Å². The number of aromatic nitrogens is 1. The topological polar surface area (TPSA) is 51.2 Å². The van der Waals surface area contributed by atoms with Gasteiger partial charge >= 0.3 is 5.97 Å². The lowest BCUT2D eigenvalue weighted by molar-refractivity contribution is 0.0526. The van der Waals surface area contributed by atoms with Gasteiger partial charge in [-0.25, -0.2) is 4.79 Å². The maximum atomic E-state index is 11.7. The smallest absolute Gasteiger partial charge is 0.338 e. The van der Waals surface area contributed by atoms with Crippen LogP contribution in [0.3, 0.4) is 0 Å². The van der Waals surface area contributed by atoms with Gasteiger partial charge in [-0.1, -0.05) is 12.1 Å². The highest BCUT2D eigenvalue weighted by Crippen LogP contribution is 2.18. The molecule has 0 spiro atoms. The minimum atomic E-state index is -0.304. The molecule has 0 aliphatic carbocycles. The van der Waals surface area contributed by atoms with E-state index in [2.05, 4.69) is 10.3 Å². The van der Waals surface area contributed by atoms with Crippen molar-refractivity contribution in [2.45, 2.75) is 19.9 Å². The Labute approximate surface area is 118 Å². The van der Waals surface area contributed by atoms with Gasteiger partial charge in [0.05, 0.1) is 23.9 Å². The number of hydrogen-bond acceptors (Lipinski definition) is 4. The maximum Gasteiger partial charge on any atom is 0.338 e. The number of hydrogen-bond donors (Lipinski definition) is 1. The van der Waals surface area contributed by atoms with Gasteiger partial charge < -0.3 is 10.1 Å². The third kappa shape index (κ3) is 3.57. The van der Waals surface area contributed by atoms with Crippen molar-refractivity contribution >= 4 is 11.7 Å². The van der Waals surface area contributed by atoms with Crippen molar-refractivity contribution in [3.63, 3.8) is 0 Å². The van der Waals surface area contributed by atoms with E-state index >= 15 is 0 Å². The average molecular weight is 270 g/mol. The fourth-order valence-corrected chi connectivity index (χ4v) is 1.91. The van der Waals surface area contributed by atoms with Crippen LogP contribution in [0, 0.1) is 0 Å². The zero-order valence-electron chi connectivity index (χ0n) is 11.7. The predicted molar refractivity (Wildman–Crippen MR) is 78.7 cm³/mol. The molecule has 0 saturated carbocycles. The molecule has 4 heteroatoms. The lowest BCUT2D eigenvalue weighted by Crippen LogP contribution is -2.09. The Bertz CT molecular complexity index is 570. The number of nitrogens with one attached hydrogen (secondary N) is 1. The highest BCUT2D eigenvalue weighted by atomic mass is 16.5. The Balaban J connectivity index is 2.10. The van der Waals surface area contributed by atoms with Crippen molar-refractivity contribution in [1.82, 2.24) is 4.98 Å². The summed E-state index contributed by atoms with van der Waals surface area (Å²) in [6.45, 7) is 4.20. The van der Waals surface area contributed by atoms with Gasteiger partial charge in [-0.15, -0.1) is 0 Å². The second-order valence-electron chi connectivity index (χ2n) is 4.42. The summed E-state index contributed by atoms with van der Waals surface area (Å²) >= 11 is 0. The van der Waals surface area contributed by atoms with Crippen molar-refractivity contribution in [2.24, 2.45) is 0 Å². The molecule has 4 nitrogen and oxygen atoms in total. The SMILES string of the molecule is CCOC(=O)c1cccc(N[C@H](C)c2ccccn2)c1. The van der Waals surface area contributed by atoms with Crippen molar-refractivity contribution in [3.8, 4) is 0 Å². The molecule has 20 heavy (non-hydrogen) atoms. The first-order valence-corrected chi connectivity index (χ1v) is 6.65. The predicted octanol–water partition coefficient (Wildman–Crippen LogP) is 3.43. The quantitative estimate of drug-likeness (QED) is 0.846. The van der Waals surface area contributed by atoms with Crippen molar-refractivity contribution in [2.75, 3.05) is 11.9 Å². The molecule has 1 aromatic carbocycles. The van der Waals surface area contributed by atoms with Crippen molar-refractivity contribution < 1.29 is 9.53 Å². The number of benzene rings is 1. The Kier molecular flexibility index (Phi) is 4.71. The number of rotatable bonds is 5. The van der Waals surface area contributed by atoms with E-state index in [4.69, 9.17) is 4.74 Å². The summed E-state index contributed by atoms with van der Waals surface area (Å²) in [7, 11) is 0.